The van der Waals surface area contributed by atoms with Crippen molar-refractivity contribution < 1.29 is 34.7 Å². The maximum Gasteiger partial charge on any atom is 0.187 e. The largest absolute Gasteiger partial charge is 0.394 e. The Balaban J connectivity index is 1.74. The highest BCUT2D eigenvalue weighted by Gasteiger charge is 2.65. The smallest absolute Gasteiger partial charge is 0.187 e. The Morgan fingerprint density at radius 2 is 1.83 bits per heavy atom. The normalized spacial score (nSPS) is 52.1. The van der Waals surface area contributed by atoms with E-state index in [1.54, 1.807) is 0 Å². The summed E-state index contributed by atoms with van der Waals surface area (Å²) in [5.41, 5.74) is -1.00. The predicted molar refractivity (Wildman–Crippen MR) is 78.3 cm³/mol. The van der Waals surface area contributed by atoms with E-state index >= 15 is 0 Å². The zero-order chi connectivity index (χ0) is 17.2. The maximum atomic E-state index is 12.7. The minimum atomic E-state index is -1.47. The summed E-state index contributed by atoms with van der Waals surface area (Å²) in [7, 11) is 0. The third kappa shape index (κ3) is 2.37. The Kier molecular flexibility index (Phi) is 4.11. The minimum Gasteiger partial charge on any atom is -0.394 e. The van der Waals surface area contributed by atoms with Gasteiger partial charge in [0.25, 0.3) is 0 Å². The molecule has 7 nitrogen and oxygen atoms in total. The molecule has 3 aliphatic rings. The summed E-state index contributed by atoms with van der Waals surface area (Å²) in [6.45, 7) is 5.28. The number of fused-ring (bicyclic) bond motifs is 2. The molecule has 1 saturated heterocycles. The van der Waals surface area contributed by atoms with Gasteiger partial charge in [-0.3, -0.25) is 4.79 Å². The van der Waals surface area contributed by atoms with E-state index in [1.807, 2.05) is 20.8 Å². The van der Waals surface area contributed by atoms with Gasteiger partial charge in [-0.05, 0) is 18.8 Å². The van der Waals surface area contributed by atoms with Gasteiger partial charge >= 0.3 is 0 Å². The lowest BCUT2D eigenvalue weighted by molar-refractivity contribution is -0.317. The number of Topliss-reactive ketones (excluding diaryl/α,β-unsaturated/α-hetero) is 1. The molecular formula is C16H26O7. The number of hydrogen-bond donors (Lipinski definition) is 4. The van der Waals surface area contributed by atoms with E-state index in [-0.39, 0.29) is 17.1 Å². The van der Waals surface area contributed by atoms with Gasteiger partial charge < -0.3 is 29.9 Å². The Bertz CT molecular complexity index is 491. The average molecular weight is 330 g/mol. The number of carbonyl (C=O) groups is 1. The lowest BCUT2D eigenvalue weighted by Crippen LogP contribution is -2.60. The molecule has 7 heteroatoms. The van der Waals surface area contributed by atoms with Gasteiger partial charge in [0.05, 0.1) is 18.1 Å². The van der Waals surface area contributed by atoms with Gasteiger partial charge in [-0.25, -0.2) is 0 Å². The number of hydrogen-bond acceptors (Lipinski definition) is 7. The first kappa shape index (κ1) is 17.3. The topological polar surface area (TPSA) is 116 Å². The first-order valence-electron chi connectivity index (χ1n) is 8.13. The van der Waals surface area contributed by atoms with Crippen molar-refractivity contribution in [2.24, 2.45) is 16.7 Å². The highest BCUT2D eigenvalue weighted by atomic mass is 16.7. The minimum absolute atomic E-state index is 0.149. The second kappa shape index (κ2) is 5.47. The summed E-state index contributed by atoms with van der Waals surface area (Å²) in [4.78, 5) is 12.7. The molecule has 0 spiro atoms. The third-order valence-electron chi connectivity index (χ3n) is 6.15. The average Bonchev–Trinajstić information content (AvgIpc) is 2.92. The van der Waals surface area contributed by atoms with Gasteiger partial charge in [0.1, 0.15) is 30.2 Å². The van der Waals surface area contributed by atoms with Crippen molar-refractivity contribution in [1.82, 2.24) is 0 Å². The first-order chi connectivity index (χ1) is 10.6. The van der Waals surface area contributed by atoms with Crippen LogP contribution in [0.5, 0.6) is 0 Å². The van der Waals surface area contributed by atoms with Gasteiger partial charge in [0.2, 0.25) is 0 Å². The lowest BCUT2D eigenvalue weighted by Gasteiger charge is -2.44. The van der Waals surface area contributed by atoms with Crippen molar-refractivity contribution >= 4 is 5.78 Å². The summed E-state index contributed by atoms with van der Waals surface area (Å²) < 4.78 is 11.2. The van der Waals surface area contributed by atoms with E-state index in [9.17, 15) is 25.2 Å². The molecule has 0 aromatic carbocycles. The van der Waals surface area contributed by atoms with Gasteiger partial charge in [0, 0.05) is 5.41 Å². The fraction of sp³-hybridized carbons (Fsp3) is 0.938. The molecule has 23 heavy (non-hydrogen) atoms. The molecule has 0 amide bonds. The molecule has 3 fully saturated rings. The third-order valence-corrected chi connectivity index (χ3v) is 6.15. The van der Waals surface area contributed by atoms with E-state index in [0.717, 1.165) is 6.42 Å². The molecule has 2 saturated carbocycles. The monoisotopic (exact) mass is 330 g/mol. The zero-order valence-corrected chi connectivity index (χ0v) is 13.7. The summed E-state index contributed by atoms with van der Waals surface area (Å²) in [5, 5.41) is 38.9. The Hall–Kier alpha value is -0.570. The van der Waals surface area contributed by atoms with Crippen molar-refractivity contribution in [3.05, 3.63) is 0 Å². The van der Waals surface area contributed by atoms with E-state index in [1.165, 1.54) is 0 Å². The molecule has 2 bridgehead atoms. The van der Waals surface area contributed by atoms with Crippen molar-refractivity contribution in [2.45, 2.75) is 70.4 Å². The second-order valence-electron chi connectivity index (χ2n) is 7.93. The molecule has 1 aliphatic heterocycles. The van der Waals surface area contributed by atoms with E-state index in [4.69, 9.17) is 9.47 Å². The van der Waals surface area contributed by atoms with Crippen molar-refractivity contribution in [3.63, 3.8) is 0 Å². The van der Waals surface area contributed by atoms with Crippen LogP contribution in [0, 0.1) is 16.7 Å². The summed E-state index contributed by atoms with van der Waals surface area (Å²) in [5.74, 6) is 0.366. The predicted octanol–water partition coefficient (Wildman–Crippen LogP) is -0.803. The number of ketones is 1. The molecule has 1 heterocycles. The summed E-state index contributed by atoms with van der Waals surface area (Å²) in [6, 6.07) is 0. The highest BCUT2D eigenvalue weighted by Crippen LogP contribution is 2.61. The fourth-order valence-electron chi connectivity index (χ4n) is 4.50. The van der Waals surface area contributed by atoms with Crippen LogP contribution < -0.4 is 0 Å². The SMILES string of the molecule is CC1(C)C(=O)[C@]2(C)C[C@H]1C[C@H]2O[C@@H]1O[C@H](CO)[C@@H](O)[C@H](O)[C@H]1O. The fourth-order valence-corrected chi connectivity index (χ4v) is 4.50. The number of aliphatic hydroxyl groups is 4. The van der Waals surface area contributed by atoms with Crippen LogP contribution in [-0.4, -0.2) is 69.6 Å². The van der Waals surface area contributed by atoms with Gasteiger partial charge in [-0.1, -0.05) is 20.8 Å². The Morgan fingerprint density at radius 1 is 1.17 bits per heavy atom. The number of carbonyl (C=O) groups excluding carboxylic acids is 1. The lowest BCUT2D eigenvalue weighted by atomic mass is 9.70. The standard InChI is InChI=1S/C16H26O7/c1-15(2)7-4-9(16(3,5-7)14(15)21)23-13-12(20)11(19)10(18)8(6-17)22-13/h7-13,17-20H,4-6H2,1-3H3/t7-,8-,9-,10-,11+,12-,13+,16-/m1/s1. The Morgan fingerprint density at radius 3 is 2.35 bits per heavy atom. The number of rotatable bonds is 3. The molecular weight excluding hydrogens is 304 g/mol. The van der Waals surface area contributed by atoms with Crippen LogP contribution in [0.1, 0.15) is 33.6 Å². The van der Waals surface area contributed by atoms with Crippen LogP contribution in [0.25, 0.3) is 0 Å². The van der Waals surface area contributed by atoms with Crippen molar-refractivity contribution in [1.29, 1.82) is 0 Å². The molecule has 2 aliphatic carbocycles. The van der Waals surface area contributed by atoms with E-state index in [2.05, 4.69) is 0 Å². The highest BCUT2D eigenvalue weighted by molar-refractivity contribution is 5.93. The van der Waals surface area contributed by atoms with Crippen LogP contribution in [0.2, 0.25) is 0 Å². The van der Waals surface area contributed by atoms with Crippen molar-refractivity contribution in [2.75, 3.05) is 6.61 Å². The summed E-state index contributed by atoms with van der Waals surface area (Å²) in [6.07, 6.45) is -5.48. The molecule has 0 radical (unpaired) electrons. The van der Waals surface area contributed by atoms with Gasteiger partial charge in [-0.2, -0.15) is 0 Å². The number of ether oxygens (including phenoxy) is 2. The van der Waals surface area contributed by atoms with Crippen LogP contribution in [-0.2, 0) is 14.3 Å². The molecule has 8 atom stereocenters. The summed E-state index contributed by atoms with van der Waals surface area (Å²) >= 11 is 0. The second-order valence-corrected chi connectivity index (χ2v) is 7.93. The van der Waals surface area contributed by atoms with Crippen LogP contribution >= 0.6 is 0 Å². The maximum absolute atomic E-state index is 12.7. The van der Waals surface area contributed by atoms with Crippen molar-refractivity contribution in [3.8, 4) is 0 Å². The molecule has 0 aromatic heterocycles. The van der Waals surface area contributed by atoms with Crippen LogP contribution in [0.4, 0.5) is 0 Å². The molecule has 0 aromatic rings. The van der Waals surface area contributed by atoms with Crippen LogP contribution in [0.15, 0.2) is 0 Å². The number of aliphatic hydroxyl groups excluding tert-OH is 4. The zero-order valence-electron chi connectivity index (χ0n) is 13.7. The van der Waals surface area contributed by atoms with Crippen LogP contribution in [0.3, 0.4) is 0 Å². The molecule has 132 valence electrons. The molecule has 0 unspecified atom stereocenters. The first-order valence-corrected chi connectivity index (χ1v) is 8.13. The van der Waals surface area contributed by atoms with Gasteiger partial charge in [0.15, 0.2) is 6.29 Å². The molecule has 3 rings (SSSR count). The van der Waals surface area contributed by atoms with E-state index < -0.39 is 48.8 Å². The molecule has 4 N–H and O–H groups in total. The quantitative estimate of drug-likeness (QED) is 0.535. The van der Waals surface area contributed by atoms with Gasteiger partial charge in [-0.15, -0.1) is 0 Å². The van der Waals surface area contributed by atoms with E-state index in [0.29, 0.717) is 6.42 Å². The Labute approximate surface area is 135 Å².